The summed E-state index contributed by atoms with van der Waals surface area (Å²) >= 11 is 0. The predicted octanol–water partition coefficient (Wildman–Crippen LogP) is 1.66. The van der Waals surface area contributed by atoms with E-state index < -0.39 is 0 Å². The van der Waals surface area contributed by atoms with E-state index in [1.165, 1.54) is 16.7 Å². The Labute approximate surface area is 85.3 Å². The molecule has 0 saturated carbocycles. The van der Waals surface area contributed by atoms with Gasteiger partial charge in [-0.2, -0.15) is 0 Å². The van der Waals surface area contributed by atoms with Crippen LogP contribution in [0.15, 0.2) is 18.2 Å². The molecule has 2 rings (SSSR count). The van der Waals surface area contributed by atoms with E-state index in [1.807, 2.05) is 0 Å². The minimum Gasteiger partial charge on any atom is -0.383 e. The number of fused-ring (bicyclic) bond motifs is 1. The third kappa shape index (κ3) is 1.97. The SMILES string of the molecule is COCC1Cc2cc(C)ccc2CN1. The van der Waals surface area contributed by atoms with Crippen LogP contribution in [0.3, 0.4) is 0 Å². The second kappa shape index (κ2) is 4.11. The molecule has 0 aliphatic carbocycles. The first kappa shape index (κ1) is 9.69. The molecule has 1 aliphatic rings. The number of ether oxygens (including phenoxy) is 1. The second-order valence-corrected chi connectivity index (χ2v) is 4.01. The number of hydrogen-bond acceptors (Lipinski definition) is 2. The number of rotatable bonds is 2. The molecule has 0 radical (unpaired) electrons. The summed E-state index contributed by atoms with van der Waals surface area (Å²) in [6.45, 7) is 3.92. The molecule has 14 heavy (non-hydrogen) atoms. The van der Waals surface area contributed by atoms with Crippen LogP contribution in [0.1, 0.15) is 16.7 Å². The Kier molecular flexibility index (Phi) is 2.85. The van der Waals surface area contributed by atoms with Gasteiger partial charge in [0, 0.05) is 19.7 Å². The van der Waals surface area contributed by atoms with Gasteiger partial charge in [0.1, 0.15) is 0 Å². The van der Waals surface area contributed by atoms with E-state index in [0.717, 1.165) is 19.6 Å². The molecule has 0 bridgehead atoms. The van der Waals surface area contributed by atoms with Crippen molar-refractivity contribution in [3.8, 4) is 0 Å². The molecular formula is C12H17NO. The lowest BCUT2D eigenvalue weighted by molar-refractivity contribution is 0.162. The molecule has 1 atom stereocenters. The van der Waals surface area contributed by atoms with Gasteiger partial charge in [-0.3, -0.25) is 0 Å². The number of aryl methyl sites for hydroxylation is 1. The Morgan fingerprint density at radius 1 is 1.43 bits per heavy atom. The maximum Gasteiger partial charge on any atom is 0.0619 e. The van der Waals surface area contributed by atoms with Crippen molar-refractivity contribution in [3.05, 3.63) is 34.9 Å². The van der Waals surface area contributed by atoms with Gasteiger partial charge >= 0.3 is 0 Å². The smallest absolute Gasteiger partial charge is 0.0619 e. The zero-order chi connectivity index (χ0) is 9.97. The van der Waals surface area contributed by atoms with E-state index in [1.54, 1.807) is 7.11 Å². The summed E-state index contributed by atoms with van der Waals surface area (Å²) in [5, 5.41) is 3.47. The van der Waals surface area contributed by atoms with Crippen molar-refractivity contribution in [2.75, 3.05) is 13.7 Å². The molecule has 1 aromatic carbocycles. The van der Waals surface area contributed by atoms with Crippen LogP contribution in [0.5, 0.6) is 0 Å². The molecule has 1 N–H and O–H groups in total. The summed E-state index contributed by atoms with van der Waals surface area (Å²) in [7, 11) is 1.76. The summed E-state index contributed by atoms with van der Waals surface area (Å²) in [5.74, 6) is 0. The van der Waals surface area contributed by atoms with Crippen LogP contribution >= 0.6 is 0 Å². The zero-order valence-electron chi connectivity index (χ0n) is 8.84. The lowest BCUT2D eigenvalue weighted by Gasteiger charge is -2.25. The van der Waals surface area contributed by atoms with Crippen molar-refractivity contribution >= 4 is 0 Å². The summed E-state index contributed by atoms with van der Waals surface area (Å²) in [6.07, 6.45) is 1.09. The van der Waals surface area contributed by atoms with Crippen LogP contribution < -0.4 is 5.32 Å². The van der Waals surface area contributed by atoms with Gasteiger partial charge in [-0.25, -0.2) is 0 Å². The van der Waals surface area contributed by atoms with E-state index in [-0.39, 0.29) is 0 Å². The van der Waals surface area contributed by atoms with Crippen LogP contribution in [-0.4, -0.2) is 19.8 Å². The summed E-state index contributed by atoms with van der Waals surface area (Å²) in [6, 6.07) is 7.17. The minimum atomic E-state index is 0.481. The average Bonchev–Trinajstić information content (AvgIpc) is 2.17. The van der Waals surface area contributed by atoms with Crippen molar-refractivity contribution in [2.45, 2.75) is 25.9 Å². The maximum atomic E-state index is 5.16. The highest BCUT2D eigenvalue weighted by Crippen LogP contribution is 2.18. The number of nitrogens with one attached hydrogen (secondary N) is 1. The van der Waals surface area contributed by atoms with Gasteiger partial charge in [-0.1, -0.05) is 23.8 Å². The molecule has 0 fully saturated rings. The first-order valence-electron chi connectivity index (χ1n) is 5.10. The molecule has 76 valence electrons. The largest absolute Gasteiger partial charge is 0.383 e. The first-order chi connectivity index (χ1) is 6.79. The quantitative estimate of drug-likeness (QED) is 0.767. The monoisotopic (exact) mass is 191 g/mol. The van der Waals surface area contributed by atoms with Gasteiger partial charge < -0.3 is 10.1 Å². The summed E-state index contributed by atoms with van der Waals surface area (Å²) in [5.41, 5.74) is 4.26. The first-order valence-corrected chi connectivity index (χ1v) is 5.10. The molecule has 0 spiro atoms. The Morgan fingerprint density at radius 2 is 2.29 bits per heavy atom. The highest BCUT2D eigenvalue weighted by atomic mass is 16.5. The molecule has 1 aliphatic heterocycles. The maximum absolute atomic E-state index is 5.16. The molecular weight excluding hydrogens is 174 g/mol. The fourth-order valence-electron chi connectivity index (χ4n) is 2.03. The third-order valence-electron chi connectivity index (χ3n) is 2.78. The highest BCUT2D eigenvalue weighted by Gasteiger charge is 2.17. The minimum absolute atomic E-state index is 0.481. The van der Waals surface area contributed by atoms with E-state index in [0.29, 0.717) is 6.04 Å². The zero-order valence-corrected chi connectivity index (χ0v) is 8.84. The summed E-state index contributed by atoms with van der Waals surface area (Å²) in [4.78, 5) is 0. The number of methoxy groups -OCH3 is 1. The van der Waals surface area contributed by atoms with Gasteiger partial charge in [-0.15, -0.1) is 0 Å². The molecule has 2 heteroatoms. The molecule has 0 aromatic heterocycles. The van der Waals surface area contributed by atoms with Gasteiger partial charge in [0.25, 0.3) is 0 Å². The average molecular weight is 191 g/mol. The lowest BCUT2D eigenvalue weighted by Crippen LogP contribution is -2.38. The normalized spacial score (nSPS) is 20.6. The fourth-order valence-corrected chi connectivity index (χ4v) is 2.03. The van der Waals surface area contributed by atoms with Gasteiger partial charge in [-0.05, 0) is 24.5 Å². The van der Waals surface area contributed by atoms with Crippen LogP contribution in [-0.2, 0) is 17.7 Å². The van der Waals surface area contributed by atoms with Crippen molar-refractivity contribution in [1.82, 2.24) is 5.32 Å². The Hall–Kier alpha value is -0.860. The van der Waals surface area contributed by atoms with Crippen LogP contribution in [0.4, 0.5) is 0 Å². The molecule has 2 nitrogen and oxygen atoms in total. The van der Waals surface area contributed by atoms with Crippen LogP contribution in [0.2, 0.25) is 0 Å². The Bertz CT molecular complexity index is 322. The summed E-state index contributed by atoms with van der Waals surface area (Å²) < 4.78 is 5.16. The predicted molar refractivity (Wildman–Crippen MR) is 57.4 cm³/mol. The van der Waals surface area contributed by atoms with Crippen molar-refractivity contribution in [3.63, 3.8) is 0 Å². The number of benzene rings is 1. The van der Waals surface area contributed by atoms with Gasteiger partial charge in [0.15, 0.2) is 0 Å². The van der Waals surface area contributed by atoms with Crippen LogP contribution in [0.25, 0.3) is 0 Å². The topological polar surface area (TPSA) is 21.3 Å². The van der Waals surface area contributed by atoms with Crippen LogP contribution in [0, 0.1) is 6.92 Å². The molecule has 1 unspecified atom stereocenters. The fraction of sp³-hybridized carbons (Fsp3) is 0.500. The van der Waals surface area contributed by atoms with Crippen molar-refractivity contribution < 1.29 is 4.74 Å². The molecule has 0 amide bonds. The Balaban J connectivity index is 2.16. The van der Waals surface area contributed by atoms with Crippen molar-refractivity contribution in [2.24, 2.45) is 0 Å². The molecule has 1 heterocycles. The van der Waals surface area contributed by atoms with E-state index in [2.05, 4.69) is 30.4 Å². The second-order valence-electron chi connectivity index (χ2n) is 4.01. The van der Waals surface area contributed by atoms with E-state index in [9.17, 15) is 0 Å². The van der Waals surface area contributed by atoms with E-state index in [4.69, 9.17) is 4.74 Å². The standard InChI is InChI=1S/C12H17NO/c1-9-3-4-10-7-13-12(8-14-2)6-11(10)5-9/h3-5,12-13H,6-8H2,1-2H3. The highest BCUT2D eigenvalue weighted by molar-refractivity contribution is 5.33. The van der Waals surface area contributed by atoms with Crippen molar-refractivity contribution in [1.29, 1.82) is 0 Å². The molecule has 0 saturated heterocycles. The molecule has 1 aromatic rings. The Morgan fingerprint density at radius 3 is 3.07 bits per heavy atom. The lowest BCUT2D eigenvalue weighted by atomic mass is 9.94. The van der Waals surface area contributed by atoms with Gasteiger partial charge in [0.2, 0.25) is 0 Å². The number of hydrogen-bond donors (Lipinski definition) is 1. The van der Waals surface area contributed by atoms with Gasteiger partial charge in [0.05, 0.1) is 6.61 Å². The third-order valence-corrected chi connectivity index (χ3v) is 2.78. The van der Waals surface area contributed by atoms with E-state index >= 15 is 0 Å².